The van der Waals surface area contributed by atoms with Gasteiger partial charge in [-0.05, 0) is 46.8 Å². The molecule has 0 aliphatic heterocycles. The lowest BCUT2D eigenvalue weighted by molar-refractivity contribution is 0.449. The molecule has 1 aromatic heterocycles. The average molecular weight is 327 g/mol. The third-order valence-corrected chi connectivity index (χ3v) is 5.09. The SMILES string of the molecule is CC(C)NS(=O)(=O)N(C)Cc1csc(Br)c1. The minimum atomic E-state index is -3.38. The number of halogens is 1. The van der Waals surface area contributed by atoms with Gasteiger partial charge in [-0.3, -0.25) is 0 Å². The fourth-order valence-electron chi connectivity index (χ4n) is 1.16. The van der Waals surface area contributed by atoms with Crippen molar-refractivity contribution in [2.75, 3.05) is 7.05 Å². The number of thiophene rings is 1. The molecule has 0 fully saturated rings. The molecule has 4 nitrogen and oxygen atoms in total. The smallest absolute Gasteiger partial charge is 0.200 e. The monoisotopic (exact) mass is 326 g/mol. The van der Waals surface area contributed by atoms with E-state index in [1.54, 1.807) is 32.2 Å². The maximum atomic E-state index is 11.8. The van der Waals surface area contributed by atoms with Crippen LogP contribution in [0.15, 0.2) is 15.2 Å². The second kappa shape index (κ2) is 5.59. The standard InChI is InChI=1S/C9H15BrN2O2S2/c1-7(2)11-16(13,14)12(3)5-8-4-9(10)15-6-8/h4,6-7,11H,5H2,1-3H3. The van der Waals surface area contributed by atoms with Crippen molar-refractivity contribution in [2.24, 2.45) is 0 Å². The first kappa shape index (κ1) is 14.1. The largest absolute Gasteiger partial charge is 0.279 e. The van der Waals surface area contributed by atoms with Crippen molar-refractivity contribution in [2.45, 2.75) is 26.4 Å². The van der Waals surface area contributed by atoms with Gasteiger partial charge in [-0.1, -0.05) is 0 Å². The van der Waals surface area contributed by atoms with Gasteiger partial charge in [0.2, 0.25) is 0 Å². The maximum Gasteiger partial charge on any atom is 0.279 e. The minimum absolute atomic E-state index is 0.0957. The molecule has 92 valence electrons. The van der Waals surface area contributed by atoms with Crippen molar-refractivity contribution in [1.82, 2.24) is 9.03 Å². The molecule has 1 N–H and O–H groups in total. The highest BCUT2D eigenvalue weighted by molar-refractivity contribution is 9.11. The van der Waals surface area contributed by atoms with E-state index in [2.05, 4.69) is 20.7 Å². The molecule has 1 heterocycles. The summed E-state index contributed by atoms with van der Waals surface area (Å²) in [6.07, 6.45) is 0. The van der Waals surface area contributed by atoms with Crippen LogP contribution in [0.2, 0.25) is 0 Å². The first-order valence-electron chi connectivity index (χ1n) is 4.78. The Kier molecular flexibility index (Phi) is 4.93. The lowest BCUT2D eigenvalue weighted by atomic mass is 10.3. The van der Waals surface area contributed by atoms with Crippen LogP contribution in [0.25, 0.3) is 0 Å². The van der Waals surface area contributed by atoms with Crippen LogP contribution in [0.1, 0.15) is 19.4 Å². The van der Waals surface area contributed by atoms with Gasteiger partial charge in [-0.2, -0.15) is 17.4 Å². The lowest BCUT2D eigenvalue weighted by Gasteiger charge is -2.18. The summed E-state index contributed by atoms with van der Waals surface area (Å²) in [4.78, 5) is 0. The van der Waals surface area contributed by atoms with Gasteiger partial charge in [0.25, 0.3) is 10.2 Å². The first-order valence-corrected chi connectivity index (χ1v) is 7.89. The highest BCUT2D eigenvalue weighted by atomic mass is 79.9. The second-order valence-corrected chi connectivity index (χ2v) is 7.89. The van der Waals surface area contributed by atoms with Gasteiger partial charge in [0, 0.05) is 19.6 Å². The van der Waals surface area contributed by atoms with E-state index >= 15 is 0 Å². The molecule has 0 aliphatic rings. The zero-order chi connectivity index (χ0) is 12.3. The van der Waals surface area contributed by atoms with Crippen LogP contribution in [-0.2, 0) is 16.8 Å². The highest BCUT2D eigenvalue weighted by Crippen LogP contribution is 2.21. The summed E-state index contributed by atoms with van der Waals surface area (Å²) < 4.78 is 28.4. The number of hydrogen-bond acceptors (Lipinski definition) is 3. The summed E-state index contributed by atoms with van der Waals surface area (Å²) in [5.74, 6) is 0. The van der Waals surface area contributed by atoms with Crippen LogP contribution in [-0.4, -0.2) is 25.8 Å². The van der Waals surface area contributed by atoms with Gasteiger partial charge in [0.1, 0.15) is 0 Å². The van der Waals surface area contributed by atoms with Crippen molar-refractivity contribution < 1.29 is 8.42 Å². The molecule has 0 spiro atoms. The van der Waals surface area contributed by atoms with Crippen LogP contribution in [0, 0.1) is 0 Å². The minimum Gasteiger partial charge on any atom is -0.200 e. The van der Waals surface area contributed by atoms with E-state index in [4.69, 9.17) is 0 Å². The molecule has 0 bridgehead atoms. The Balaban J connectivity index is 2.68. The van der Waals surface area contributed by atoms with Gasteiger partial charge < -0.3 is 0 Å². The molecule has 0 saturated carbocycles. The lowest BCUT2D eigenvalue weighted by Crippen LogP contribution is -2.41. The van der Waals surface area contributed by atoms with Crippen LogP contribution in [0.5, 0.6) is 0 Å². The molecule has 16 heavy (non-hydrogen) atoms. The Morgan fingerprint density at radius 3 is 2.62 bits per heavy atom. The molecule has 0 radical (unpaired) electrons. The quantitative estimate of drug-likeness (QED) is 0.901. The summed E-state index contributed by atoms with van der Waals surface area (Å²) in [7, 11) is -1.81. The Morgan fingerprint density at radius 2 is 2.19 bits per heavy atom. The Morgan fingerprint density at radius 1 is 1.56 bits per heavy atom. The van der Waals surface area contributed by atoms with E-state index in [-0.39, 0.29) is 6.04 Å². The topological polar surface area (TPSA) is 49.4 Å². The fraction of sp³-hybridized carbons (Fsp3) is 0.556. The van der Waals surface area contributed by atoms with Crippen LogP contribution < -0.4 is 4.72 Å². The molecule has 0 unspecified atom stereocenters. The number of nitrogens with zero attached hydrogens (tertiary/aromatic N) is 1. The molecule has 0 amide bonds. The van der Waals surface area contributed by atoms with Crippen molar-refractivity contribution in [3.63, 3.8) is 0 Å². The summed E-state index contributed by atoms with van der Waals surface area (Å²) >= 11 is 4.89. The van der Waals surface area contributed by atoms with Gasteiger partial charge in [0.15, 0.2) is 0 Å². The van der Waals surface area contributed by atoms with Crippen molar-refractivity contribution in [1.29, 1.82) is 0 Å². The Bertz CT molecular complexity index is 442. The Labute approximate surface area is 109 Å². The zero-order valence-electron chi connectivity index (χ0n) is 9.40. The number of rotatable bonds is 5. The number of hydrogen-bond donors (Lipinski definition) is 1. The predicted molar refractivity (Wildman–Crippen MR) is 70.7 cm³/mol. The normalized spacial score (nSPS) is 12.6. The van der Waals surface area contributed by atoms with Crippen LogP contribution >= 0.6 is 27.3 Å². The zero-order valence-corrected chi connectivity index (χ0v) is 12.6. The fourth-order valence-corrected chi connectivity index (χ4v) is 3.45. The summed E-state index contributed by atoms with van der Waals surface area (Å²) in [5.41, 5.74) is 0.980. The molecule has 0 saturated heterocycles. The average Bonchev–Trinajstić information content (AvgIpc) is 2.48. The molecule has 0 aliphatic carbocycles. The Hall–Kier alpha value is 0.0500. The van der Waals surface area contributed by atoms with Gasteiger partial charge in [-0.15, -0.1) is 11.3 Å². The van der Waals surface area contributed by atoms with Crippen molar-refractivity contribution in [3.8, 4) is 0 Å². The van der Waals surface area contributed by atoms with Crippen molar-refractivity contribution in [3.05, 3.63) is 20.8 Å². The van der Waals surface area contributed by atoms with E-state index in [1.807, 2.05) is 11.4 Å². The van der Waals surface area contributed by atoms with E-state index in [0.29, 0.717) is 6.54 Å². The first-order chi connectivity index (χ1) is 7.31. The third-order valence-electron chi connectivity index (χ3n) is 1.82. The van der Waals surface area contributed by atoms with E-state index < -0.39 is 10.2 Å². The van der Waals surface area contributed by atoms with Gasteiger partial charge in [0.05, 0.1) is 3.79 Å². The second-order valence-electron chi connectivity index (χ2n) is 3.79. The maximum absolute atomic E-state index is 11.8. The van der Waals surface area contributed by atoms with E-state index in [1.165, 1.54) is 4.31 Å². The van der Waals surface area contributed by atoms with Gasteiger partial charge >= 0.3 is 0 Å². The summed E-state index contributed by atoms with van der Waals surface area (Å²) in [6.45, 7) is 3.98. The molecular weight excluding hydrogens is 312 g/mol. The molecule has 0 atom stereocenters. The molecule has 0 aromatic carbocycles. The van der Waals surface area contributed by atoms with E-state index in [0.717, 1.165) is 9.35 Å². The molecule has 1 aromatic rings. The molecule has 1 rings (SSSR count). The highest BCUT2D eigenvalue weighted by Gasteiger charge is 2.18. The molecular formula is C9H15BrN2O2S2. The molecule has 7 heteroatoms. The summed E-state index contributed by atoms with van der Waals surface area (Å²) in [6, 6.07) is 1.83. The van der Waals surface area contributed by atoms with Crippen LogP contribution in [0.3, 0.4) is 0 Å². The van der Waals surface area contributed by atoms with Gasteiger partial charge in [-0.25, -0.2) is 0 Å². The van der Waals surface area contributed by atoms with Crippen LogP contribution in [0.4, 0.5) is 0 Å². The third kappa shape index (κ3) is 4.14. The van der Waals surface area contributed by atoms with Crippen molar-refractivity contribution >= 4 is 37.5 Å². The number of nitrogens with one attached hydrogen (secondary N) is 1. The predicted octanol–water partition coefficient (Wildman–Crippen LogP) is 2.19. The van der Waals surface area contributed by atoms with E-state index in [9.17, 15) is 8.42 Å². The summed E-state index contributed by atoms with van der Waals surface area (Å²) in [5, 5.41) is 1.94.